The molecule has 0 amide bonds. The Labute approximate surface area is 132 Å². The van der Waals surface area contributed by atoms with Crippen molar-refractivity contribution < 1.29 is 4.74 Å². The summed E-state index contributed by atoms with van der Waals surface area (Å²) in [6.45, 7) is 6.81. The highest BCUT2D eigenvalue weighted by Gasteiger charge is 2.12. The molecule has 1 unspecified atom stereocenters. The zero-order chi connectivity index (χ0) is 15.4. The van der Waals surface area contributed by atoms with Gasteiger partial charge >= 0.3 is 0 Å². The monoisotopic (exact) mass is 303 g/mol. The number of benzene rings is 2. The van der Waals surface area contributed by atoms with Gasteiger partial charge in [0.25, 0.3) is 0 Å². The van der Waals surface area contributed by atoms with E-state index in [4.69, 9.17) is 16.3 Å². The first kappa shape index (κ1) is 15.9. The third-order valence-electron chi connectivity index (χ3n) is 3.77. The number of hydrogen-bond donors (Lipinski definition) is 1. The van der Waals surface area contributed by atoms with E-state index in [9.17, 15) is 0 Å². The standard InChI is InChI=1S/C18H22ClNO/c1-12-5-8-18(16(19)9-12)21-11-17(20-4)15-7-6-13(2)14(3)10-15/h5-10,17,20H,11H2,1-4H3. The molecule has 0 aliphatic rings. The van der Waals surface area contributed by atoms with Crippen LogP contribution in [0.5, 0.6) is 5.75 Å². The topological polar surface area (TPSA) is 21.3 Å². The van der Waals surface area contributed by atoms with E-state index in [0.717, 1.165) is 11.3 Å². The number of nitrogens with one attached hydrogen (secondary N) is 1. The molecule has 112 valence electrons. The van der Waals surface area contributed by atoms with Gasteiger partial charge in [0.2, 0.25) is 0 Å². The highest BCUT2D eigenvalue weighted by molar-refractivity contribution is 6.32. The summed E-state index contributed by atoms with van der Waals surface area (Å²) in [6.07, 6.45) is 0. The number of likely N-dealkylation sites (N-methyl/N-ethyl adjacent to an activating group) is 1. The Hall–Kier alpha value is -1.51. The van der Waals surface area contributed by atoms with Crippen molar-refractivity contribution in [2.24, 2.45) is 0 Å². The largest absolute Gasteiger partial charge is 0.490 e. The van der Waals surface area contributed by atoms with Gasteiger partial charge in [-0.25, -0.2) is 0 Å². The predicted molar refractivity (Wildman–Crippen MR) is 89.4 cm³/mol. The number of hydrogen-bond acceptors (Lipinski definition) is 2. The summed E-state index contributed by atoms with van der Waals surface area (Å²) in [5.41, 5.74) is 4.95. The minimum absolute atomic E-state index is 0.140. The number of aryl methyl sites for hydroxylation is 3. The number of rotatable bonds is 5. The summed E-state index contributed by atoms with van der Waals surface area (Å²) >= 11 is 6.20. The predicted octanol–water partition coefficient (Wildman–Crippen LogP) is 4.60. The van der Waals surface area contributed by atoms with Crippen LogP contribution in [0, 0.1) is 20.8 Å². The average molecular weight is 304 g/mol. The van der Waals surface area contributed by atoms with Crippen molar-refractivity contribution in [1.29, 1.82) is 0 Å². The van der Waals surface area contributed by atoms with Crippen LogP contribution in [0.3, 0.4) is 0 Å². The maximum atomic E-state index is 6.20. The Bertz CT molecular complexity index is 625. The van der Waals surface area contributed by atoms with E-state index in [1.54, 1.807) is 0 Å². The lowest BCUT2D eigenvalue weighted by atomic mass is 10.0. The summed E-state index contributed by atoms with van der Waals surface area (Å²) in [5, 5.41) is 3.96. The van der Waals surface area contributed by atoms with E-state index in [1.165, 1.54) is 16.7 Å². The van der Waals surface area contributed by atoms with Crippen molar-refractivity contribution in [2.75, 3.05) is 13.7 Å². The third-order valence-corrected chi connectivity index (χ3v) is 4.07. The van der Waals surface area contributed by atoms with Crippen LogP contribution >= 0.6 is 11.6 Å². The van der Waals surface area contributed by atoms with Gasteiger partial charge < -0.3 is 10.1 Å². The molecule has 0 radical (unpaired) electrons. The summed E-state index contributed by atoms with van der Waals surface area (Å²) in [5.74, 6) is 0.728. The zero-order valence-corrected chi connectivity index (χ0v) is 13.8. The van der Waals surface area contributed by atoms with E-state index in [1.807, 2.05) is 32.2 Å². The molecular weight excluding hydrogens is 282 g/mol. The Balaban J connectivity index is 2.10. The summed E-state index contributed by atoms with van der Waals surface area (Å²) in [7, 11) is 1.94. The normalized spacial score (nSPS) is 12.2. The molecule has 0 aliphatic carbocycles. The first-order valence-corrected chi connectivity index (χ1v) is 7.52. The summed E-state index contributed by atoms with van der Waals surface area (Å²) in [4.78, 5) is 0. The molecule has 1 atom stereocenters. The molecule has 0 saturated heterocycles. The molecule has 2 aromatic rings. The second kappa shape index (κ2) is 6.97. The Morgan fingerprint density at radius 3 is 2.43 bits per heavy atom. The maximum absolute atomic E-state index is 6.20. The van der Waals surface area contributed by atoms with Gasteiger partial charge in [0, 0.05) is 0 Å². The van der Waals surface area contributed by atoms with E-state index in [2.05, 4.69) is 37.4 Å². The lowest BCUT2D eigenvalue weighted by Gasteiger charge is -2.19. The molecule has 2 rings (SSSR count). The molecule has 1 N–H and O–H groups in total. The van der Waals surface area contributed by atoms with Crippen LogP contribution in [0.1, 0.15) is 28.3 Å². The second-order valence-electron chi connectivity index (χ2n) is 5.43. The summed E-state index contributed by atoms with van der Waals surface area (Å²) < 4.78 is 5.87. The fourth-order valence-corrected chi connectivity index (χ4v) is 2.51. The van der Waals surface area contributed by atoms with E-state index in [-0.39, 0.29) is 6.04 Å². The molecule has 3 heteroatoms. The second-order valence-corrected chi connectivity index (χ2v) is 5.84. The molecule has 21 heavy (non-hydrogen) atoms. The Morgan fingerprint density at radius 1 is 1.05 bits per heavy atom. The van der Waals surface area contributed by atoms with Gasteiger partial charge in [-0.15, -0.1) is 0 Å². The molecule has 0 bridgehead atoms. The Kier molecular flexibility index (Phi) is 5.27. The van der Waals surface area contributed by atoms with Crippen LogP contribution in [0.2, 0.25) is 5.02 Å². The van der Waals surface area contributed by atoms with Gasteiger partial charge in [0.15, 0.2) is 0 Å². The van der Waals surface area contributed by atoms with Crippen molar-refractivity contribution in [1.82, 2.24) is 5.32 Å². The Morgan fingerprint density at radius 2 is 1.81 bits per heavy atom. The molecule has 0 spiro atoms. The van der Waals surface area contributed by atoms with E-state index < -0.39 is 0 Å². The smallest absolute Gasteiger partial charge is 0.138 e. The zero-order valence-electron chi connectivity index (χ0n) is 13.0. The van der Waals surface area contributed by atoms with Gasteiger partial charge in [0.05, 0.1) is 11.1 Å². The highest BCUT2D eigenvalue weighted by Crippen LogP contribution is 2.26. The van der Waals surface area contributed by atoms with Crippen molar-refractivity contribution in [3.8, 4) is 5.75 Å². The van der Waals surface area contributed by atoms with Crippen LogP contribution in [0.4, 0.5) is 0 Å². The van der Waals surface area contributed by atoms with Crippen LogP contribution in [-0.2, 0) is 0 Å². The molecule has 0 aliphatic heterocycles. The minimum Gasteiger partial charge on any atom is -0.490 e. The van der Waals surface area contributed by atoms with Crippen LogP contribution in [0.25, 0.3) is 0 Å². The maximum Gasteiger partial charge on any atom is 0.138 e. The van der Waals surface area contributed by atoms with Crippen molar-refractivity contribution in [2.45, 2.75) is 26.8 Å². The quantitative estimate of drug-likeness (QED) is 0.871. The lowest BCUT2D eigenvalue weighted by Crippen LogP contribution is -2.23. The number of halogens is 1. The summed E-state index contributed by atoms with van der Waals surface area (Å²) in [6, 6.07) is 12.5. The first-order chi connectivity index (χ1) is 10.0. The SMILES string of the molecule is CNC(COc1ccc(C)cc1Cl)c1ccc(C)c(C)c1. The average Bonchev–Trinajstić information content (AvgIpc) is 2.45. The minimum atomic E-state index is 0.140. The molecule has 0 aromatic heterocycles. The van der Waals surface area contributed by atoms with Gasteiger partial charge in [0.1, 0.15) is 12.4 Å². The molecule has 0 saturated carbocycles. The highest BCUT2D eigenvalue weighted by atomic mass is 35.5. The number of ether oxygens (including phenoxy) is 1. The van der Waals surface area contributed by atoms with Crippen LogP contribution in [0.15, 0.2) is 36.4 Å². The van der Waals surface area contributed by atoms with Crippen molar-refractivity contribution in [3.05, 3.63) is 63.7 Å². The van der Waals surface area contributed by atoms with Crippen LogP contribution < -0.4 is 10.1 Å². The fourth-order valence-electron chi connectivity index (χ4n) is 2.22. The third kappa shape index (κ3) is 3.99. The van der Waals surface area contributed by atoms with Gasteiger partial charge in [-0.2, -0.15) is 0 Å². The van der Waals surface area contributed by atoms with Gasteiger partial charge in [-0.3, -0.25) is 0 Å². The van der Waals surface area contributed by atoms with E-state index in [0.29, 0.717) is 11.6 Å². The fraction of sp³-hybridized carbons (Fsp3) is 0.333. The van der Waals surface area contributed by atoms with Crippen molar-refractivity contribution >= 4 is 11.6 Å². The van der Waals surface area contributed by atoms with Gasteiger partial charge in [-0.1, -0.05) is 35.9 Å². The van der Waals surface area contributed by atoms with Crippen LogP contribution in [-0.4, -0.2) is 13.7 Å². The molecule has 2 aromatic carbocycles. The molecular formula is C18H22ClNO. The van der Waals surface area contributed by atoms with Gasteiger partial charge in [-0.05, 0) is 62.2 Å². The molecule has 0 heterocycles. The molecule has 2 nitrogen and oxygen atoms in total. The molecule has 0 fully saturated rings. The first-order valence-electron chi connectivity index (χ1n) is 7.14. The lowest BCUT2D eigenvalue weighted by molar-refractivity contribution is 0.273. The van der Waals surface area contributed by atoms with Crippen molar-refractivity contribution in [3.63, 3.8) is 0 Å². The van der Waals surface area contributed by atoms with E-state index >= 15 is 0 Å².